The Hall–Kier alpha value is -2.55. The Labute approximate surface area is 90.7 Å². The van der Waals surface area contributed by atoms with E-state index in [1.165, 1.54) is 18.0 Å². The van der Waals surface area contributed by atoms with Crippen molar-refractivity contribution in [1.82, 2.24) is 14.8 Å². The lowest BCUT2D eigenvalue weighted by atomic mass is 10.2. The van der Waals surface area contributed by atoms with E-state index in [-0.39, 0.29) is 5.69 Å². The number of ether oxygens (including phenoxy) is 1. The van der Waals surface area contributed by atoms with Gasteiger partial charge < -0.3 is 4.74 Å². The summed E-state index contributed by atoms with van der Waals surface area (Å²) in [5, 5.41) is 14.6. The summed E-state index contributed by atoms with van der Waals surface area (Å²) in [5.41, 5.74) is 0.653. The highest BCUT2D eigenvalue weighted by Crippen LogP contribution is 2.22. The van der Waals surface area contributed by atoms with Crippen molar-refractivity contribution >= 4 is 0 Å². The number of aromatic nitrogens is 3. The molecule has 1 aromatic heterocycles. The number of nitrogens with zero attached hydrogens (tertiary/aromatic N) is 3. The van der Waals surface area contributed by atoms with E-state index in [1.54, 1.807) is 18.2 Å². The molecule has 16 heavy (non-hydrogen) atoms. The van der Waals surface area contributed by atoms with Crippen LogP contribution in [0, 0.1) is 11.3 Å². The molecule has 0 unspecified atom stereocenters. The molecule has 0 aliphatic rings. The zero-order valence-electron chi connectivity index (χ0n) is 8.47. The largest absolute Gasteiger partial charge is 0.495 e. The van der Waals surface area contributed by atoms with Gasteiger partial charge in [-0.2, -0.15) is 10.4 Å². The van der Waals surface area contributed by atoms with Crippen molar-refractivity contribution in [1.29, 1.82) is 5.26 Å². The van der Waals surface area contributed by atoms with E-state index < -0.39 is 0 Å². The summed E-state index contributed by atoms with van der Waals surface area (Å²) in [4.78, 5) is 11.4. The van der Waals surface area contributed by atoms with Crippen LogP contribution in [-0.2, 0) is 0 Å². The Bertz CT molecular complexity index is 606. The van der Waals surface area contributed by atoms with Gasteiger partial charge in [-0.3, -0.25) is 0 Å². The molecule has 2 aromatic rings. The average Bonchev–Trinajstić information content (AvgIpc) is 2.74. The van der Waals surface area contributed by atoms with Crippen molar-refractivity contribution in [3.8, 4) is 17.5 Å². The van der Waals surface area contributed by atoms with Crippen LogP contribution in [0.3, 0.4) is 0 Å². The molecule has 0 radical (unpaired) electrons. The Kier molecular flexibility index (Phi) is 2.44. The Balaban J connectivity index is 2.63. The summed E-state index contributed by atoms with van der Waals surface area (Å²) >= 11 is 0. The number of hydrogen-bond donors (Lipinski definition) is 1. The third-order valence-corrected chi connectivity index (χ3v) is 2.12. The quantitative estimate of drug-likeness (QED) is 0.789. The summed E-state index contributed by atoms with van der Waals surface area (Å²) in [6.07, 6.45) is 1.35. The number of nitrogens with one attached hydrogen (secondary N) is 1. The normalized spacial score (nSPS) is 9.75. The van der Waals surface area contributed by atoms with Crippen LogP contribution in [0.25, 0.3) is 5.69 Å². The van der Waals surface area contributed by atoms with Crippen molar-refractivity contribution in [2.45, 2.75) is 0 Å². The van der Waals surface area contributed by atoms with Crippen LogP contribution in [0.15, 0.2) is 29.3 Å². The van der Waals surface area contributed by atoms with Gasteiger partial charge in [-0.15, -0.1) is 0 Å². The zero-order valence-corrected chi connectivity index (χ0v) is 8.47. The highest BCUT2D eigenvalue weighted by Gasteiger charge is 2.08. The number of hydrogen-bond acceptors (Lipinski definition) is 4. The third-order valence-electron chi connectivity index (χ3n) is 2.12. The summed E-state index contributed by atoms with van der Waals surface area (Å²) < 4.78 is 6.42. The maximum absolute atomic E-state index is 11.4. The molecular weight excluding hydrogens is 208 g/mol. The number of H-pyrrole nitrogens is 1. The molecule has 1 N–H and O–H groups in total. The predicted molar refractivity (Wildman–Crippen MR) is 55.5 cm³/mol. The van der Waals surface area contributed by atoms with Crippen LogP contribution in [0.5, 0.6) is 5.75 Å². The van der Waals surface area contributed by atoms with Crippen molar-refractivity contribution < 1.29 is 4.74 Å². The molecule has 0 bridgehead atoms. The number of rotatable bonds is 2. The average molecular weight is 216 g/mol. The molecule has 80 valence electrons. The minimum absolute atomic E-state index is 0.358. The smallest absolute Gasteiger partial charge is 0.347 e. The van der Waals surface area contributed by atoms with Crippen molar-refractivity contribution in [2.75, 3.05) is 7.11 Å². The van der Waals surface area contributed by atoms with Crippen LogP contribution in [0.1, 0.15) is 5.56 Å². The van der Waals surface area contributed by atoms with E-state index in [9.17, 15) is 4.79 Å². The Morgan fingerprint density at radius 1 is 1.56 bits per heavy atom. The lowest BCUT2D eigenvalue weighted by molar-refractivity contribution is 0.412. The van der Waals surface area contributed by atoms with Crippen molar-refractivity contribution in [3.63, 3.8) is 0 Å². The number of nitriles is 1. The van der Waals surface area contributed by atoms with Crippen LogP contribution in [-0.4, -0.2) is 21.9 Å². The van der Waals surface area contributed by atoms with E-state index in [2.05, 4.69) is 10.2 Å². The fourth-order valence-corrected chi connectivity index (χ4v) is 1.37. The van der Waals surface area contributed by atoms with Crippen LogP contribution in [0.4, 0.5) is 0 Å². The number of aromatic amines is 1. The zero-order chi connectivity index (χ0) is 11.5. The summed E-state index contributed by atoms with van der Waals surface area (Å²) in [5.74, 6) is 0.447. The number of methoxy groups -OCH3 is 1. The molecule has 0 aliphatic heterocycles. The van der Waals surface area contributed by atoms with Gasteiger partial charge in [-0.1, -0.05) is 0 Å². The minimum Gasteiger partial charge on any atom is -0.495 e. The van der Waals surface area contributed by atoms with Crippen LogP contribution in [0.2, 0.25) is 0 Å². The first kappa shape index (κ1) is 9.98. The molecule has 6 heteroatoms. The third kappa shape index (κ3) is 1.54. The van der Waals surface area contributed by atoms with E-state index in [1.807, 2.05) is 6.07 Å². The van der Waals surface area contributed by atoms with E-state index >= 15 is 0 Å². The fourth-order valence-electron chi connectivity index (χ4n) is 1.37. The van der Waals surface area contributed by atoms with Gasteiger partial charge in [0.05, 0.1) is 24.4 Å². The van der Waals surface area contributed by atoms with Gasteiger partial charge in [0.15, 0.2) is 0 Å². The molecule has 0 amide bonds. The first-order valence-corrected chi connectivity index (χ1v) is 4.47. The monoisotopic (exact) mass is 216 g/mol. The molecule has 0 saturated heterocycles. The summed E-state index contributed by atoms with van der Waals surface area (Å²) in [6.45, 7) is 0. The first-order valence-electron chi connectivity index (χ1n) is 4.47. The molecule has 1 heterocycles. The van der Waals surface area contributed by atoms with E-state index in [0.717, 1.165) is 0 Å². The standard InChI is InChI=1S/C10H8N4O2/c1-16-9-4-7(5-11)2-3-8(9)14-6-12-13-10(14)15/h2-4,6H,1H3,(H,13,15). The predicted octanol–water partition coefficient (Wildman–Crippen LogP) is 0.441. The van der Waals surface area contributed by atoms with Crippen molar-refractivity contribution in [3.05, 3.63) is 40.6 Å². The highest BCUT2D eigenvalue weighted by atomic mass is 16.5. The molecule has 0 fully saturated rings. The second kappa shape index (κ2) is 3.90. The van der Waals surface area contributed by atoms with Gasteiger partial charge in [-0.05, 0) is 12.1 Å². The Morgan fingerprint density at radius 2 is 2.38 bits per heavy atom. The molecule has 0 aliphatic carbocycles. The van der Waals surface area contributed by atoms with Gasteiger partial charge in [0.1, 0.15) is 12.1 Å². The van der Waals surface area contributed by atoms with Gasteiger partial charge in [0, 0.05) is 6.07 Å². The van der Waals surface area contributed by atoms with Gasteiger partial charge in [-0.25, -0.2) is 14.5 Å². The lowest BCUT2D eigenvalue weighted by Crippen LogP contribution is -2.14. The molecule has 0 saturated carbocycles. The van der Waals surface area contributed by atoms with Crippen LogP contribution >= 0.6 is 0 Å². The molecule has 1 aromatic carbocycles. The molecular formula is C10H8N4O2. The Morgan fingerprint density at radius 3 is 2.94 bits per heavy atom. The van der Waals surface area contributed by atoms with E-state index in [0.29, 0.717) is 17.0 Å². The minimum atomic E-state index is -0.358. The molecule has 2 rings (SSSR count). The summed E-state index contributed by atoms with van der Waals surface area (Å²) in [6, 6.07) is 6.80. The molecule has 0 spiro atoms. The fraction of sp³-hybridized carbons (Fsp3) is 0.100. The molecule has 0 atom stereocenters. The van der Waals surface area contributed by atoms with Gasteiger partial charge in [0.25, 0.3) is 0 Å². The van der Waals surface area contributed by atoms with E-state index in [4.69, 9.17) is 10.00 Å². The maximum Gasteiger partial charge on any atom is 0.347 e. The second-order valence-electron chi connectivity index (χ2n) is 3.03. The van der Waals surface area contributed by atoms with Gasteiger partial charge >= 0.3 is 5.69 Å². The maximum atomic E-state index is 11.4. The van der Waals surface area contributed by atoms with Crippen molar-refractivity contribution in [2.24, 2.45) is 0 Å². The van der Waals surface area contributed by atoms with Gasteiger partial charge in [0.2, 0.25) is 0 Å². The lowest BCUT2D eigenvalue weighted by Gasteiger charge is -2.07. The molecule has 6 nitrogen and oxygen atoms in total. The highest BCUT2D eigenvalue weighted by molar-refractivity contribution is 5.51. The SMILES string of the molecule is COc1cc(C#N)ccc1-n1cn[nH]c1=O. The second-order valence-corrected chi connectivity index (χ2v) is 3.03. The van der Waals surface area contributed by atoms with Crippen LogP contribution < -0.4 is 10.4 Å². The first-order chi connectivity index (χ1) is 7.76. The number of benzene rings is 1. The topological polar surface area (TPSA) is 83.7 Å². The summed E-state index contributed by atoms with van der Waals surface area (Å²) in [7, 11) is 1.48.